The van der Waals surface area contributed by atoms with Gasteiger partial charge in [0.15, 0.2) is 0 Å². The van der Waals surface area contributed by atoms with Crippen molar-refractivity contribution in [1.82, 2.24) is 0 Å². The second-order valence-corrected chi connectivity index (χ2v) is 11.6. The average Bonchev–Trinajstić information content (AvgIpc) is 2.52. The summed E-state index contributed by atoms with van der Waals surface area (Å²) in [6, 6.07) is 21.7. The number of rotatable bonds is 5. The normalized spacial score (nSPS) is 10.2. The summed E-state index contributed by atoms with van der Waals surface area (Å²) in [7, 11) is 0. The van der Waals surface area contributed by atoms with E-state index in [0.29, 0.717) is 26.3 Å². The molecule has 0 atom stereocenters. The second-order valence-electron chi connectivity index (χ2n) is 5.56. The van der Waals surface area contributed by atoms with Crippen LogP contribution < -0.4 is 0 Å². The number of allylic oxidation sites excluding steroid dienone is 2. The molecular weight excluding hydrogens is 398 g/mol. The zero-order chi connectivity index (χ0) is 15.9. The number of hydrogen-bond acceptors (Lipinski definition) is 0. The maximum atomic E-state index is 2.24. The van der Waals surface area contributed by atoms with E-state index in [-0.39, 0.29) is 0 Å². The van der Waals surface area contributed by atoms with Crippen molar-refractivity contribution in [1.29, 1.82) is 0 Å². The number of hydrogen-bond donors (Lipinski definition) is 0. The molecule has 114 valence electrons. The van der Waals surface area contributed by atoms with Crippen LogP contribution in [0.15, 0.2) is 71.8 Å². The average molecular weight is 420 g/mol. The van der Waals surface area contributed by atoms with Crippen molar-refractivity contribution in [2.24, 2.45) is 0 Å². The number of benzene rings is 2. The Morgan fingerprint density at radius 2 is 0.864 bits per heavy atom. The monoisotopic (exact) mass is 422 g/mol. The molecule has 2 rings (SSSR count). The van der Waals surface area contributed by atoms with Crippen LogP contribution in [0, 0.1) is 0 Å². The maximum absolute atomic E-state index is 2.24. The van der Waals surface area contributed by atoms with Crippen LogP contribution in [0.25, 0.3) is 8.94 Å². The molecule has 0 aliphatic heterocycles. The van der Waals surface area contributed by atoms with Crippen molar-refractivity contribution in [2.45, 2.75) is 27.7 Å². The van der Waals surface area contributed by atoms with E-state index in [1.807, 2.05) is 0 Å². The van der Waals surface area contributed by atoms with E-state index < -0.39 is 0 Å². The molecule has 0 N–H and O–H groups in total. The zero-order valence-corrected chi connectivity index (χ0v) is 17.0. The Balaban J connectivity index is 2.23. The third kappa shape index (κ3) is 4.73. The van der Waals surface area contributed by atoms with Gasteiger partial charge in [-0.15, -0.1) is 0 Å². The van der Waals surface area contributed by atoms with Gasteiger partial charge in [0.05, 0.1) is 0 Å². The molecule has 2 aromatic carbocycles. The van der Waals surface area contributed by atoms with Crippen molar-refractivity contribution in [3.8, 4) is 0 Å². The van der Waals surface area contributed by atoms with Gasteiger partial charge in [-0.1, -0.05) is 0 Å². The molecular formula is C20H22Se2. The van der Waals surface area contributed by atoms with Crippen molar-refractivity contribution in [3.63, 3.8) is 0 Å². The van der Waals surface area contributed by atoms with E-state index in [9.17, 15) is 0 Å². The standard InChI is InChI=1S/C20H22Se2/c1-15(2)19(17-11-7-5-8-12-17)21-22-20(16(3)4)18-13-9-6-10-14-18/h5-14H,1-4H3. The SMILES string of the molecule is CC(C)=C([Se][Se]C(=C(C)C)c1ccccc1)c1ccccc1. The van der Waals surface area contributed by atoms with Gasteiger partial charge in [-0.25, -0.2) is 0 Å². The molecule has 0 amide bonds. The molecule has 0 aliphatic carbocycles. The summed E-state index contributed by atoms with van der Waals surface area (Å²) in [4.78, 5) is 0. The van der Waals surface area contributed by atoms with Gasteiger partial charge < -0.3 is 0 Å². The molecule has 2 aromatic rings. The fraction of sp³-hybridized carbons (Fsp3) is 0.200. The topological polar surface area (TPSA) is 0 Å². The summed E-state index contributed by atoms with van der Waals surface area (Å²) in [6.45, 7) is 8.96. The van der Waals surface area contributed by atoms with Crippen molar-refractivity contribution < 1.29 is 0 Å². The van der Waals surface area contributed by atoms with Gasteiger partial charge in [-0.3, -0.25) is 0 Å². The van der Waals surface area contributed by atoms with Gasteiger partial charge in [0, 0.05) is 0 Å². The molecule has 2 heteroatoms. The first-order valence-electron chi connectivity index (χ1n) is 7.40. The van der Waals surface area contributed by atoms with Gasteiger partial charge >= 0.3 is 146 Å². The Morgan fingerprint density at radius 1 is 0.545 bits per heavy atom. The van der Waals surface area contributed by atoms with E-state index in [4.69, 9.17) is 0 Å². The fourth-order valence-electron chi connectivity index (χ4n) is 2.10. The molecule has 0 heterocycles. The van der Waals surface area contributed by atoms with Crippen LogP contribution in [0.5, 0.6) is 0 Å². The summed E-state index contributed by atoms with van der Waals surface area (Å²) in [6.07, 6.45) is 0. The van der Waals surface area contributed by atoms with Gasteiger partial charge in [0.2, 0.25) is 0 Å². The predicted molar refractivity (Wildman–Crippen MR) is 101 cm³/mol. The van der Waals surface area contributed by atoms with E-state index >= 15 is 0 Å². The van der Waals surface area contributed by atoms with E-state index in [0.717, 1.165) is 0 Å². The van der Waals surface area contributed by atoms with Gasteiger partial charge in [-0.05, 0) is 0 Å². The Bertz CT molecular complexity index is 598. The molecule has 0 saturated carbocycles. The molecule has 0 aromatic heterocycles. The van der Waals surface area contributed by atoms with Crippen molar-refractivity contribution in [3.05, 3.63) is 82.9 Å². The Labute approximate surface area is 145 Å². The van der Waals surface area contributed by atoms with Crippen molar-refractivity contribution in [2.75, 3.05) is 0 Å². The summed E-state index contributed by atoms with van der Waals surface area (Å²) in [5.74, 6) is 0. The fourth-order valence-corrected chi connectivity index (χ4v) is 11.7. The van der Waals surface area contributed by atoms with Crippen LogP contribution in [0.1, 0.15) is 38.8 Å². The Kier molecular flexibility index (Phi) is 6.73. The summed E-state index contributed by atoms with van der Waals surface area (Å²) in [5.41, 5.74) is 5.69. The first-order chi connectivity index (χ1) is 10.6. The van der Waals surface area contributed by atoms with Crippen LogP contribution in [-0.4, -0.2) is 26.3 Å². The summed E-state index contributed by atoms with van der Waals surface area (Å²) < 4.78 is 3.12. The van der Waals surface area contributed by atoms with Crippen LogP contribution in [0.4, 0.5) is 0 Å². The molecule has 22 heavy (non-hydrogen) atoms. The Hall–Kier alpha value is -1.04. The Morgan fingerprint density at radius 3 is 1.14 bits per heavy atom. The van der Waals surface area contributed by atoms with E-state index in [2.05, 4.69) is 88.4 Å². The van der Waals surface area contributed by atoms with E-state index in [1.165, 1.54) is 22.3 Å². The molecule has 0 radical (unpaired) electrons. The minimum absolute atomic E-state index is 0.510. The first-order valence-corrected chi connectivity index (χ1v) is 13.4. The van der Waals surface area contributed by atoms with E-state index in [1.54, 1.807) is 8.94 Å². The third-order valence-corrected chi connectivity index (χ3v) is 11.3. The van der Waals surface area contributed by atoms with Gasteiger partial charge in [0.1, 0.15) is 0 Å². The van der Waals surface area contributed by atoms with Gasteiger partial charge in [-0.2, -0.15) is 0 Å². The summed E-state index contributed by atoms with van der Waals surface area (Å²) >= 11 is 1.02. The molecule has 0 nitrogen and oxygen atoms in total. The van der Waals surface area contributed by atoms with Crippen LogP contribution >= 0.6 is 0 Å². The molecule has 0 spiro atoms. The minimum atomic E-state index is 0.510. The molecule has 0 saturated heterocycles. The van der Waals surface area contributed by atoms with Gasteiger partial charge in [0.25, 0.3) is 0 Å². The van der Waals surface area contributed by atoms with Crippen LogP contribution in [0.3, 0.4) is 0 Å². The molecule has 0 fully saturated rings. The molecule has 0 aliphatic rings. The summed E-state index contributed by atoms with van der Waals surface area (Å²) in [5, 5.41) is 0. The second kappa shape index (κ2) is 8.55. The van der Waals surface area contributed by atoms with Crippen LogP contribution in [-0.2, 0) is 0 Å². The molecule has 0 bridgehead atoms. The van der Waals surface area contributed by atoms with Crippen molar-refractivity contribution >= 4 is 35.2 Å². The third-order valence-electron chi connectivity index (χ3n) is 3.19. The van der Waals surface area contributed by atoms with Crippen LogP contribution in [0.2, 0.25) is 0 Å². The first kappa shape index (κ1) is 17.3. The quantitative estimate of drug-likeness (QED) is 0.583. The zero-order valence-electron chi connectivity index (χ0n) is 13.6. The molecule has 0 unspecified atom stereocenters. The predicted octanol–water partition coefficient (Wildman–Crippen LogP) is 5.21.